The summed E-state index contributed by atoms with van der Waals surface area (Å²) in [4.78, 5) is 0.327. The highest BCUT2D eigenvalue weighted by Crippen LogP contribution is 2.18. The third-order valence-electron chi connectivity index (χ3n) is 3.63. The Hall–Kier alpha value is -1.07. The lowest BCUT2D eigenvalue weighted by Crippen LogP contribution is -2.27. The van der Waals surface area contributed by atoms with Crippen molar-refractivity contribution in [3.8, 4) is 5.75 Å². The smallest absolute Gasteiger partial charge is 0.175 e. The summed E-state index contributed by atoms with van der Waals surface area (Å²) in [6.45, 7) is 1.63. The van der Waals surface area contributed by atoms with Crippen molar-refractivity contribution in [2.24, 2.45) is 0 Å². The van der Waals surface area contributed by atoms with Crippen LogP contribution in [0.15, 0.2) is 29.2 Å². The molecular weight excluding hydrogens is 274 g/mol. The van der Waals surface area contributed by atoms with E-state index in [-0.39, 0.29) is 0 Å². The molecule has 0 atom stereocenters. The molecule has 0 saturated heterocycles. The van der Waals surface area contributed by atoms with Gasteiger partial charge in [0.2, 0.25) is 0 Å². The molecule has 1 aromatic carbocycles. The van der Waals surface area contributed by atoms with Crippen LogP contribution in [0.4, 0.5) is 0 Å². The van der Waals surface area contributed by atoms with Crippen molar-refractivity contribution < 1.29 is 13.2 Å². The minimum atomic E-state index is -3.12. The number of hydrogen-bond acceptors (Lipinski definition) is 4. The lowest BCUT2D eigenvalue weighted by atomic mass is 10.2. The van der Waals surface area contributed by atoms with Crippen LogP contribution in [0.25, 0.3) is 0 Å². The van der Waals surface area contributed by atoms with Gasteiger partial charge in [-0.1, -0.05) is 12.8 Å². The molecule has 20 heavy (non-hydrogen) atoms. The Morgan fingerprint density at radius 3 is 2.45 bits per heavy atom. The van der Waals surface area contributed by atoms with Crippen LogP contribution in [0.2, 0.25) is 0 Å². The van der Waals surface area contributed by atoms with E-state index in [0.29, 0.717) is 17.5 Å². The monoisotopic (exact) mass is 297 g/mol. The maximum absolute atomic E-state index is 11.3. The fraction of sp³-hybridized carbons (Fsp3) is 0.600. The Kier molecular flexibility index (Phi) is 5.43. The number of benzene rings is 1. The van der Waals surface area contributed by atoms with Gasteiger partial charge in [0.1, 0.15) is 5.75 Å². The zero-order valence-electron chi connectivity index (χ0n) is 12.0. The van der Waals surface area contributed by atoms with Crippen molar-refractivity contribution in [1.29, 1.82) is 0 Å². The average molecular weight is 297 g/mol. The van der Waals surface area contributed by atoms with E-state index in [1.807, 2.05) is 0 Å². The molecule has 0 bridgehead atoms. The van der Waals surface area contributed by atoms with Gasteiger partial charge in [-0.05, 0) is 50.1 Å². The largest absolute Gasteiger partial charge is 0.494 e. The van der Waals surface area contributed by atoms with Gasteiger partial charge in [-0.3, -0.25) is 0 Å². The predicted octanol–water partition coefficient (Wildman–Crippen LogP) is 2.39. The topological polar surface area (TPSA) is 55.4 Å². The van der Waals surface area contributed by atoms with E-state index in [1.165, 1.54) is 31.9 Å². The fourth-order valence-electron chi connectivity index (χ4n) is 2.48. The van der Waals surface area contributed by atoms with Crippen LogP contribution in [0, 0.1) is 0 Å². The second kappa shape index (κ2) is 7.09. The van der Waals surface area contributed by atoms with Crippen LogP contribution in [0.1, 0.15) is 32.1 Å². The molecule has 0 heterocycles. The maximum atomic E-state index is 11.3. The quantitative estimate of drug-likeness (QED) is 0.785. The van der Waals surface area contributed by atoms with Gasteiger partial charge in [-0.2, -0.15) is 0 Å². The summed E-state index contributed by atoms with van der Waals surface area (Å²) in [6, 6.07) is 7.29. The highest BCUT2D eigenvalue weighted by molar-refractivity contribution is 7.90. The molecule has 5 heteroatoms. The lowest BCUT2D eigenvalue weighted by molar-refractivity contribution is 0.304. The summed E-state index contributed by atoms with van der Waals surface area (Å²) in [6.07, 6.45) is 7.46. The molecule has 0 aromatic heterocycles. The van der Waals surface area contributed by atoms with Crippen molar-refractivity contribution in [2.75, 3.05) is 19.4 Å². The zero-order valence-corrected chi connectivity index (χ0v) is 12.8. The number of sulfone groups is 1. The van der Waals surface area contributed by atoms with E-state index in [4.69, 9.17) is 4.74 Å². The minimum absolute atomic E-state index is 0.327. The van der Waals surface area contributed by atoms with E-state index in [2.05, 4.69) is 5.32 Å². The van der Waals surface area contributed by atoms with E-state index in [0.717, 1.165) is 18.7 Å². The molecule has 4 nitrogen and oxygen atoms in total. The van der Waals surface area contributed by atoms with Crippen LogP contribution in [-0.4, -0.2) is 33.9 Å². The van der Waals surface area contributed by atoms with E-state index < -0.39 is 9.84 Å². The Balaban J connectivity index is 1.66. The van der Waals surface area contributed by atoms with E-state index >= 15 is 0 Å². The molecule has 1 saturated carbocycles. The van der Waals surface area contributed by atoms with Crippen molar-refractivity contribution in [2.45, 2.75) is 43.0 Å². The molecule has 0 amide bonds. The van der Waals surface area contributed by atoms with Gasteiger partial charge in [-0.15, -0.1) is 0 Å². The Morgan fingerprint density at radius 1 is 1.20 bits per heavy atom. The van der Waals surface area contributed by atoms with Gasteiger partial charge >= 0.3 is 0 Å². The molecule has 0 spiro atoms. The summed E-state index contributed by atoms with van der Waals surface area (Å²) in [5, 5.41) is 3.54. The molecule has 1 N–H and O–H groups in total. The number of ether oxygens (including phenoxy) is 1. The Bertz CT molecular complexity index is 504. The standard InChI is InChI=1S/C15H23NO3S/c1-20(17,18)15-9-7-14(8-10-15)19-12-4-11-16-13-5-2-3-6-13/h7-10,13,16H,2-6,11-12H2,1H3. The number of rotatable bonds is 7. The van der Waals surface area contributed by atoms with Gasteiger partial charge in [-0.25, -0.2) is 8.42 Å². The first kappa shape index (κ1) is 15.3. The lowest BCUT2D eigenvalue weighted by Gasteiger charge is -2.12. The molecule has 1 fully saturated rings. The van der Waals surface area contributed by atoms with Gasteiger partial charge in [0.15, 0.2) is 9.84 Å². The van der Waals surface area contributed by atoms with Crippen molar-refractivity contribution in [1.82, 2.24) is 5.32 Å². The average Bonchev–Trinajstić information content (AvgIpc) is 2.91. The zero-order chi connectivity index (χ0) is 14.4. The van der Waals surface area contributed by atoms with Crippen LogP contribution >= 0.6 is 0 Å². The second-order valence-corrected chi connectivity index (χ2v) is 7.40. The predicted molar refractivity (Wildman–Crippen MR) is 79.9 cm³/mol. The number of hydrogen-bond donors (Lipinski definition) is 1. The molecule has 1 aliphatic carbocycles. The van der Waals surface area contributed by atoms with Crippen molar-refractivity contribution >= 4 is 9.84 Å². The normalized spacial score (nSPS) is 16.4. The van der Waals surface area contributed by atoms with Crippen LogP contribution in [0.5, 0.6) is 5.75 Å². The van der Waals surface area contributed by atoms with Gasteiger partial charge in [0.05, 0.1) is 11.5 Å². The summed E-state index contributed by atoms with van der Waals surface area (Å²) < 4.78 is 28.2. The SMILES string of the molecule is CS(=O)(=O)c1ccc(OCCCNC2CCCC2)cc1. The summed E-state index contributed by atoms with van der Waals surface area (Å²) in [5.74, 6) is 0.721. The fourth-order valence-corrected chi connectivity index (χ4v) is 3.11. The number of nitrogens with one attached hydrogen (secondary N) is 1. The highest BCUT2D eigenvalue weighted by Gasteiger charge is 2.13. The first-order chi connectivity index (χ1) is 9.55. The molecule has 1 aromatic rings. The molecule has 0 unspecified atom stereocenters. The Morgan fingerprint density at radius 2 is 1.85 bits per heavy atom. The van der Waals surface area contributed by atoms with Crippen LogP contribution in [0.3, 0.4) is 0 Å². The molecule has 112 valence electrons. The first-order valence-electron chi connectivity index (χ1n) is 7.22. The summed E-state index contributed by atoms with van der Waals surface area (Å²) >= 11 is 0. The van der Waals surface area contributed by atoms with Crippen molar-refractivity contribution in [3.05, 3.63) is 24.3 Å². The summed E-state index contributed by atoms with van der Waals surface area (Å²) in [7, 11) is -3.12. The van der Waals surface area contributed by atoms with Gasteiger partial charge in [0.25, 0.3) is 0 Å². The highest BCUT2D eigenvalue weighted by atomic mass is 32.2. The first-order valence-corrected chi connectivity index (χ1v) is 9.11. The second-order valence-electron chi connectivity index (χ2n) is 5.38. The molecule has 2 rings (SSSR count). The molecule has 1 aliphatic rings. The minimum Gasteiger partial charge on any atom is -0.494 e. The van der Waals surface area contributed by atoms with Crippen molar-refractivity contribution in [3.63, 3.8) is 0 Å². The third-order valence-corrected chi connectivity index (χ3v) is 4.76. The maximum Gasteiger partial charge on any atom is 0.175 e. The van der Waals surface area contributed by atoms with E-state index in [9.17, 15) is 8.42 Å². The van der Waals surface area contributed by atoms with Crippen LogP contribution < -0.4 is 10.1 Å². The molecule has 0 aliphatic heterocycles. The van der Waals surface area contributed by atoms with Gasteiger partial charge < -0.3 is 10.1 Å². The molecular formula is C15H23NO3S. The summed E-state index contributed by atoms with van der Waals surface area (Å²) in [5.41, 5.74) is 0. The molecule has 0 radical (unpaired) electrons. The van der Waals surface area contributed by atoms with Gasteiger partial charge in [0, 0.05) is 12.3 Å². The Labute approximate surface area is 121 Å². The van der Waals surface area contributed by atoms with E-state index in [1.54, 1.807) is 24.3 Å². The third kappa shape index (κ3) is 4.80. The van der Waals surface area contributed by atoms with Crippen LogP contribution in [-0.2, 0) is 9.84 Å².